The fourth-order valence-corrected chi connectivity index (χ4v) is 2.43. The van der Waals surface area contributed by atoms with Gasteiger partial charge in [-0.2, -0.15) is 0 Å². The van der Waals surface area contributed by atoms with E-state index in [0.717, 1.165) is 18.1 Å². The van der Waals surface area contributed by atoms with Crippen LogP contribution in [-0.2, 0) is 0 Å². The Bertz CT molecular complexity index is 354. The predicted molar refractivity (Wildman–Crippen MR) is 70.3 cm³/mol. The fourth-order valence-electron chi connectivity index (χ4n) is 2.25. The summed E-state index contributed by atoms with van der Waals surface area (Å²) in [5.74, 6) is 0. The first-order valence-corrected chi connectivity index (χ1v) is 6.30. The van der Waals surface area contributed by atoms with E-state index in [0.29, 0.717) is 12.1 Å². The number of hydrogen-bond acceptors (Lipinski definition) is 2. The van der Waals surface area contributed by atoms with Gasteiger partial charge in [0.1, 0.15) is 0 Å². The summed E-state index contributed by atoms with van der Waals surface area (Å²) in [6.45, 7) is 6.65. The van der Waals surface area contributed by atoms with Gasteiger partial charge in [0.2, 0.25) is 0 Å². The van der Waals surface area contributed by atoms with Crippen molar-refractivity contribution in [3.05, 3.63) is 29.3 Å². The predicted octanol–water partition coefficient (Wildman–Crippen LogP) is 2.92. The number of hydrogen-bond donors (Lipinski definition) is 1. The van der Waals surface area contributed by atoms with Gasteiger partial charge >= 0.3 is 0 Å². The summed E-state index contributed by atoms with van der Waals surface area (Å²) in [7, 11) is 0. The summed E-state index contributed by atoms with van der Waals surface area (Å²) in [5.41, 5.74) is 1.23. The van der Waals surface area contributed by atoms with Gasteiger partial charge in [0, 0.05) is 29.3 Å². The van der Waals surface area contributed by atoms with Crippen molar-refractivity contribution in [2.75, 3.05) is 18.0 Å². The molecule has 0 radical (unpaired) electrons. The largest absolute Gasteiger partial charge is 0.367 e. The number of anilines is 1. The standard InChI is InChI=1S/C13H19ClN2/c1-10-9-16(11(2)6-7-15-10)13-5-3-4-12(14)8-13/h3-5,8,10-11,15H,6-7,9H2,1-2H3. The number of rotatable bonds is 1. The Balaban J connectivity index is 2.22. The molecule has 2 atom stereocenters. The average Bonchev–Trinajstić information content (AvgIpc) is 2.41. The average molecular weight is 239 g/mol. The molecule has 2 nitrogen and oxygen atoms in total. The molecular formula is C13H19ClN2. The van der Waals surface area contributed by atoms with Gasteiger partial charge in [0.15, 0.2) is 0 Å². The van der Waals surface area contributed by atoms with E-state index in [9.17, 15) is 0 Å². The SMILES string of the molecule is CC1CN(c2cccc(Cl)c2)C(C)CCN1. The highest BCUT2D eigenvalue weighted by Crippen LogP contribution is 2.23. The van der Waals surface area contributed by atoms with Gasteiger partial charge in [0.05, 0.1) is 0 Å². The Morgan fingerprint density at radius 3 is 2.94 bits per heavy atom. The van der Waals surface area contributed by atoms with E-state index in [-0.39, 0.29) is 0 Å². The quantitative estimate of drug-likeness (QED) is 0.810. The number of nitrogens with zero attached hydrogens (tertiary/aromatic N) is 1. The maximum atomic E-state index is 6.05. The maximum Gasteiger partial charge on any atom is 0.0426 e. The van der Waals surface area contributed by atoms with Crippen LogP contribution in [0.4, 0.5) is 5.69 Å². The van der Waals surface area contributed by atoms with Crippen LogP contribution in [0.3, 0.4) is 0 Å². The molecule has 0 saturated carbocycles. The summed E-state index contributed by atoms with van der Waals surface area (Å²) >= 11 is 6.05. The molecule has 1 aromatic carbocycles. The summed E-state index contributed by atoms with van der Waals surface area (Å²) in [6, 6.07) is 9.24. The first-order valence-electron chi connectivity index (χ1n) is 5.92. The van der Waals surface area contributed by atoms with Gasteiger partial charge in [-0.1, -0.05) is 17.7 Å². The normalized spacial score (nSPS) is 26.6. The highest BCUT2D eigenvalue weighted by molar-refractivity contribution is 6.30. The third-order valence-electron chi connectivity index (χ3n) is 3.20. The minimum atomic E-state index is 0.531. The second kappa shape index (κ2) is 5.07. The van der Waals surface area contributed by atoms with Gasteiger partial charge in [-0.05, 0) is 45.0 Å². The smallest absolute Gasteiger partial charge is 0.0426 e. The molecule has 16 heavy (non-hydrogen) atoms. The molecule has 1 aliphatic heterocycles. The first kappa shape index (κ1) is 11.7. The lowest BCUT2D eigenvalue weighted by Crippen LogP contribution is -2.38. The Kier molecular flexibility index (Phi) is 3.72. The van der Waals surface area contributed by atoms with Crippen molar-refractivity contribution in [1.29, 1.82) is 0 Å². The molecule has 0 amide bonds. The minimum absolute atomic E-state index is 0.531. The van der Waals surface area contributed by atoms with E-state index in [1.54, 1.807) is 0 Å². The molecule has 1 aromatic rings. The van der Waals surface area contributed by atoms with Crippen LogP contribution in [0.2, 0.25) is 5.02 Å². The van der Waals surface area contributed by atoms with Crippen molar-refractivity contribution in [3.63, 3.8) is 0 Å². The van der Waals surface area contributed by atoms with E-state index in [4.69, 9.17) is 11.6 Å². The molecule has 1 N–H and O–H groups in total. The maximum absolute atomic E-state index is 6.05. The Hall–Kier alpha value is -0.730. The third-order valence-corrected chi connectivity index (χ3v) is 3.43. The molecule has 0 aliphatic carbocycles. The van der Waals surface area contributed by atoms with Crippen molar-refractivity contribution in [2.24, 2.45) is 0 Å². The summed E-state index contributed by atoms with van der Waals surface area (Å²) < 4.78 is 0. The summed E-state index contributed by atoms with van der Waals surface area (Å²) in [6.07, 6.45) is 1.18. The molecule has 1 heterocycles. The van der Waals surface area contributed by atoms with Crippen LogP contribution < -0.4 is 10.2 Å². The van der Waals surface area contributed by atoms with Crippen LogP contribution in [0.25, 0.3) is 0 Å². The zero-order valence-electron chi connectivity index (χ0n) is 9.91. The molecule has 0 aromatic heterocycles. The molecule has 1 aliphatic rings. The molecule has 3 heteroatoms. The van der Waals surface area contributed by atoms with Gasteiger partial charge in [-0.15, -0.1) is 0 Å². The number of benzene rings is 1. The van der Waals surface area contributed by atoms with Crippen LogP contribution in [0.15, 0.2) is 24.3 Å². The molecular weight excluding hydrogens is 220 g/mol. The highest BCUT2D eigenvalue weighted by atomic mass is 35.5. The zero-order chi connectivity index (χ0) is 11.5. The van der Waals surface area contributed by atoms with Crippen LogP contribution in [0.1, 0.15) is 20.3 Å². The third kappa shape index (κ3) is 2.69. The Morgan fingerprint density at radius 1 is 1.38 bits per heavy atom. The van der Waals surface area contributed by atoms with Crippen LogP contribution in [0.5, 0.6) is 0 Å². The molecule has 2 rings (SSSR count). The summed E-state index contributed by atoms with van der Waals surface area (Å²) in [5, 5.41) is 4.33. The van der Waals surface area contributed by atoms with E-state index in [1.165, 1.54) is 12.1 Å². The van der Waals surface area contributed by atoms with Crippen molar-refractivity contribution < 1.29 is 0 Å². The van der Waals surface area contributed by atoms with Gasteiger partial charge in [-0.25, -0.2) is 0 Å². The van der Waals surface area contributed by atoms with Gasteiger partial charge in [0.25, 0.3) is 0 Å². The summed E-state index contributed by atoms with van der Waals surface area (Å²) in [4.78, 5) is 2.44. The lowest BCUT2D eigenvalue weighted by atomic mass is 10.1. The topological polar surface area (TPSA) is 15.3 Å². The molecule has 2 unspecified atom stereocenters. The number of nitrogens with one attached hydrogen (secondary N) is 1. The number of halogens is 1. The van der Waals surface area contributed by atoms with Gasteiger partial charge in [-0.3, -0.25) is 0 Å². The first-order chi connectivity index (χ1) is 7.66. The van der Waals surface area contributed by atoms with E-state index in [1.807, 2.05) is 12.1 Å². The van der Waals surface area contributed by atoms with Crippen molar-refractivity contribution in [2.45, 2.75) is 32.4 Å². The van der Waals surface area contributed by atoms with Crippen molar-refractivity contribution in [3.8, 4) is 0 Å². The van der Waals surface area contributed by atoms with Crippen LogP contribution in [0, 0.1) is 0 Å². The van der Waals surface area contributed by atoms with Gasteiger partial charge < -0.3 is 10.2 Å². The second-order valence-electron chi connectivity index (χ2n) is 4.63. The lowest BCUT2D eigenvalue weighted by molar-refractivity contribution is 0.585. The molecule has 1 saturated heterocycles. The fraction of sp³-hybridized carbons (Fsp3) is 0.538. The molecule has 1 fully saturated rings. The molecule has 0 bridgehead atoms. The highest BCUT2D eigenvalue weighted by Gasteiger charge is 2.20. The van der Waals surface area contributed by atoms with Crippen LogP contribution >= 0.6 is 11.6 Å². The van der Waals surface area contributed by atoms with E-state index < -0.39 is 0 Å². The van der Waals surface area contributed by atoms with E-state index in [2.05, 4.69) is 36.2 Å². The Labute approximate surface area is 103 Å². The van der Waals surface area contributed by atoms with E-state index >= 15 is 0 Å². The van der Waals surface area contributed by atoms with Crippen LogP contribution in [-0.4, -0.2) is 25.2 Å². The molecule has 88 valence electrons. The molecule has 0 spiro atoms. The zero-order valence-corrected chi connectivity index (χ0v) is 10.7. The lowest BCUT2D eigenvalue weighted by Gasteiger charge is -2.30. The van der Waals surface area contributed by atoms with Crippen molar-refractivity contribution >= 4 is 17.3 Å². The van der Waals surface area contributed by atoms with Crippen molar-refractivity contribution in [1.82, 2.24) is 5.32 Å². The second-order valence-corrected chi connectivity index (χ2v) is 5.06. The Morgan fingerprint density at radius 2 is 2.19 bits per heavy atom. The monoisotopic (exact) mass is 238 g/mol. The minimum Gasteiger partial charge on any atom is -0.367 e.